The fourth-order valence-corrected chi connectivity index (χ4v) is 8.83. The van der Waals surface area contributed by atoms with E-state index in [9.17, 15) is 0 Å². The lowest BCUT2D eigenvalue weighted by molar-refractivity contribution is 0.739. The number of rotatable bonds is 9. The number of hydrogen-bond acceptors (Lipinski definition) is 3. The number of hydrogen-bond donors (Lipinski definition) is 0. The summed E-state index contributed by atoms with van der Waals surface area (Å²) in [4.78, 5) is 15.5. The van der Waals surface area contributed by atoms with Crippen LogP contribution in [0.4, 0.5) is 0 Å². The van der Waals surface area contributed by atoms with Crippen molar-refractivity contribution < 1.29 is 0 Å². The third-order valence-electron chi connectivity index (χ3n) is 12.0. The zero-order chi connectivity index (χ0) is 41.3. The van der Waals surface area contributed by atoms with E-state index < -0.39 is 0 Å². The summed E-state index contributed by atoms with van der Waals surface area (Å²) in [6.07, 6.45) is 20.4. The van der Waals surface area contributed by atoms with Gasteiger partial charge in [0.1, 0.15) is 0 Å². The molecule has 2 aliphatic carbocycles. The van der Waals surface area contributed by atoms with Gasteiger partial charge in [-0.3, -0.25) is 0 Å². The molecule has 2 aliphatic rings. The summed E-state index contributed by atoms with van der Waals surface area (Å²) in [7, 11) is 0. The molecule has 7 aromatic carbocycles. The molecule has 0 saturated heterocycles. The van der Waals surface area contributed by atoms with Gasteiger partial charge in [-0.25, -0.2) is 15.0 Å². The van der Waals surface area contributed by atoms with E-state index in [0.29, 0.717) is 23.4 Å². The molecule has 1 unspecified atom stereocenters. The Balaban J connectivity index is 1.06. The smallest absolute Gasteiger partial charge is 0.164 e. The molecule has 1 aromatic heterocycles. The lowest BCUT2D eigenvalue weighted by atomic mass is 9.91. The van der Waals surface area contributed by atoms with Crippen LogP contribution in [0.2, 0.25) is 0 Å². The molecule has 0 spiro atoms. The second-order valence-electron chi connectivity index (χ2n) is 16.0. The maximum atomic E-state index is 5.18. The van der Waals surface area contributed by atoms with Gasteiger partial charge in [0, 0.05) is 16.7 Å². The average Bonchev–Trinajstić information content (AvgIpc) is 3.33. The Morgan fingerprint density at radius 3 is 1.66 bits per heavy atom. The topological polar surface area (TPSA) is 38.7 Å². The fraction of sp³-hybridized carbons (Fsp3) is 0.0862. The fourth-order valence-electron chi connectivity index (χ4n) is 8.83. The Morgan fingerprint density at radius 2 is 1.03 bits per heavy atom. The van der Waals surface area contributed by atoms with Crippen molar-refractivity contribution >= 4 is 44.8 Å². The quantitative estimate of drug-likeness (QED) is 0.108. The Labute approximate surface area is 357 Å². The average molecular weight is 784 g/mol. The van der Waals surface area contributed by atoms with Crippen LogP contribution >= 0.6 is 0 Å². The van der Waals surface area contributed by atoms with E-state index in [2.05, 4.69) is 184 Å². The van der Waals surface area contributed by atoms with Gasteiger partial charge in [-0.15, -0.1) is 0 Å². The van der Waals surface area contributed by atoms with Gasteiger partial charge in [0.15, 0.2) is 17.5 Å². The highest BCUT2D eigenvalue weighted by molar-refractivity contribution is 6.09. The van der Waals surface area contributed by atoms with Crippen LogP contribution in [-0.4, -0.2) is 15.0 Å². The lowest BCUT2D eigenvalue weighted by Gasteiger charge is -2.14. The van der Waals surface area contributed by atoms with Gasteiger partial charge in [0.25, 0.3) is 0 Å². The van der Waals surface area contributed by atoms with Crippen molar-refractivity contribution in [2.45, 2.75) is 26.2 Å². The van der Waals surface area contributed by atoms with Crippen molar-refractivity contribution in [3.63, 3.8) is 0 Å². The first-order valence-corrected chi connectivity index (χ1v) is 21.2. The van der Waals surface area contributed by atoms with E-state index in [1.165, 1.54) is 48.7 Å². The first kappa shape index (κ1) is 37.8. The van der Waals surface area contributed by atoms with Gasteiger partial charge in [0.2, 0.25) is 0 Å². The normalized spacial score (nSPS) is 14.8. The first-order chi connectivity index (χ1) is 30.0. The first-order valence-electron chi connectivity index (χ1n) is 21.2. The van der Waals surface area contributed by atoms with Crippen LogP contribution in [0.5, 0.6) is 0 Å². The number of aromatic nitrogens is 3. The van der Waals surface area contributed by atoms with Crippen LogP contribution in [0.15, 0.2) is 189 Å². The molecule has 0 bridgehead atoms. The van der Waals surface area contributed by atoms with E-state index in [-0.39, 0.29) is 0 Å². The summed E-state index contributed by atoms with van der Waals surface area (Å²) in [5, 5.41) is 7.97. The minimum absolute atomic E-state index is 0.542. The van der Waals surface area contributed by atoms with Crippen molar-refractivity contribution in [2.75, 3.05) is 0 Å². The highest BCUT2D eigenvalue weighted by Gasteiger charge is 2.16. The SMILES string of the molecule is C=C/C=C(\C=C)c1cccc(-c2nc(-c3cccc(C4=CCC(C)C=C4)c3)nc(-c3cccc(-c4cccc(-c5ccc6c(c5)c5c(c7ccccc76)=CCCC=5)c4)c3)n2)c1. The van der Waals surface area contributed by atoms with E-state index in [0.717, 1.165) is 63.8 Å². The van der Waals surface area contributed by atoms with E-state index in [4.69, 9.17) is 15.0 Å². The molecular weight excluding hydrogens is 739 g/mol. The van der Waals surface area contributed by atoms with E-state index in [1.54, 1.807) is 6.08 Å². The maximum Gasteiger partial charge on any atom is 0.164 e. The van der Waals surface area contributed by atoms with Gasteiger partial charge in [0.05, 0.1) is 0 Å². The molecule has 1 atom stereocenters. The number of nitrogens with zero attached hydrogens (tertiary/aromatic N) is 3. The van der Waals surface area contributed by atoms with Crippen LogP contribution in [0.25, 0.3) is 101 Å². The molecule has 10 rings (SSSR count). The Bertz CT molecular complexity index is 3290. The monoisotopic (exact) mass is 783 g/mol. The summed E-state index contributed by atoms with van der Waals surface area (Å²) >= 11 is 0. The molecule has 0 saturated carbocycles. The second kappa shape index (κ2) is 16.3. The molecule has 292 valence electrons. The molecule has 0 amide bonds. The molecule has 0 aliphatic heterocycles. The van der Waals surface area contributed by atoms with Gasteiger partial charge < -0.3 is 0 Å². The summed E-state index contributed by atoms with van der Waals surface area (Å²) in [5.41, 5.74) is 11.7. The van der Waals surface area contributed by atoms with Gasteiger partial charge >= 0.3 is 0 Å². The maximum absolute atomic E-state index is 5.18. The van der Waals surface area contributed by atoms with Crippen LogP contribution in [0.1, 0.15) is 37.3 Å². The van der Waals surface area contributed by atoms with Crippen molar-refractivity contribution in [2.24, 2.45) is 5.92 Å². The standard InChI is InChI=1S/C58H45N3/c1-4-14-39(5-2)41-15-11-20-47(34-41)56-59-57(48-21-12-16-42(35-48)40-29-27-38(3)28-30-40)61-58(60-56)49-22-13-19-45(36-49)43-17-10-18-44(33-43)46-31-32-54-52-25-7-6-23-50(52)51-24-8-9-26-53(51)55(54)37-46/h4-7,10-27,29-38H,1-2,8-9,28H2,3H3/b39-14+. The molecule has 0 fully saturated rings. The molecular formula is C58H45N3. The largest absolute Gasteiger partial charge is 0.208 e. The van der Waals surface area contributed by atoms with Crippen molar-refractivity contribution in [3.8, 4) is 56.4 Å². The van der Waals surface area contributed by atoms with E-state index in [1.807, 2.05) is 18.2 Å². The second-order valence-corrected chi connectivity index (χ2v) is 16.0. The molecule has 1 heterocycles. The van der Waals surface area contributed by atoms with Crippen molar-refractivity contribution in [1.82, 2.24) is 15.0 Å². The predicted octanol–water partition coefficient (Wildman–Crippen LogP) is 13.6. The lowest BCUT2D eigenvalue weighted by Crippen LogP contribution is -2.28. The number of allylic oxidation sites excluding steroid dienone is 8. The minimum atomic E-state index is 0.542. The predicted molar refractivity (Wildman–Crippen MR) is 259 cm³/mol. The number of fused-ring (bicyclic) bond motifs is 6. The zero-order valence-electron chi connectivity index (χ0n) is 34.4. The summed E-state index contributed by atoms with van der Waals surface area (Å²) < 4.78 is 0. The molecule has 8 aromatic rings. The van der Waals surface area contributed by atoms with Crippen LogP contribution in [0.3, 0.4) is 0 Å². The molecule has 3 nitrogen and oxygen atoms in total. The Kier molecular flexibility index (Phi) is 10.1. The summed E-state index contributed by atoms with van der Waals surface area (Å²) in [6, 6.07) is 50.0. The Morgan fingerprint density at radius 1 is 0.508 bits per heavy atom. The van der Waals surface area contributed by atoms with Crippen LogP contribution in [-0.2, 0) is 0 Å². The molecule has 0 N–H and O–H groups in total. The Hall–Kier alpha value is -7.49. The zero-order valence-corrected chi connectivity index (χ0v) is 34.4. The highest BCUT2D eigenvalue weighted by Crippen LogP contribution is 2.34. The van der Waals surface area contributed by atoms with Gasteiger partial charge in [-0.2, -0.15) is 0 Å². The summed E-state index contributed by atoms with van der Waals surface area (Å²) in [6.45, 7) is 10.2. The third kappa shape index (κ3) is 7.40. The molecule has 0 radical (unpaired) electrons. The van der Waals surface area contributed by atoms with Crippen LogP contribution in [0, 0.1) is 5.92 Å². The third-order valence-corrected chi connectivity index (χ3v) is 12.0. The van der Waals surface area contributed by atoms with Crippen molar-refractivity contribution in [3.05, 3.63) is 211 Å². The van der Waals surface area contributed by atoms with Gasteiger partial charge in [-0.1, -0.05) is 178 Å². The van der Waals surface area contributed by atoms with E-state index >= 15 is 0 Å². The van der Waals surface area contributed by atoms with Gasteiger partial charge in [-0.05, 0) is 132 Å². The van der Waals surface area contributed by atoms with Crippen LogP contribution < -0.4 is 10.4 Å². The molecule has 3 heteroatoms. The molecule has 61 heavy (non-hydrogen) atoms. The highest BCUT2D eigenvalue weighted by atomic mass is 15.0. The number of benzene rings is 7. The summed E-state index contributed by atoms with van der Waals surface area (Å²) in [5.74, 6) is 2.39. The minimum Gasteiger partial charge on any atom is -0.208 e. The van der Waals surface area contributed by atoms with Crippen molar-refractivity contribution in [1.29, 1.82) is 0 Å².